The fourth-order valence-corrected chi connectivity index (χ4v) is 1.53. The summed E-state index contributed by atoms with van der Waals surface area (Å²) in [6, 6.07) is 0. The molecule has 0 aromatic rings. The molecule has 0 aliphatic heterocycles. The van der Waals surface area contributed by atoms with Gasteiger partial charge in [-0.05, 0) is 19.8 Å². The maximum absolute atomic E-state index is 11.0. The normalized spacial score (nSPS) is 16.9. The van der Waals surface area contributed by atoms with E-state index in [0.717, 1.165) is 12.8 Å². The van der Waals surface area contributed by atoms with Gasteiger partial charge in [0.2, 0.25) is 0 Å². The van der Waals surface area contributed by atoms with Crippen molar-refractivity contribution >= 4 is 5.97 Å². The van der Waals surface area contributed by atoms with E-state index < -0.39 is 0 Å². The maximum atomic E-state index is 11.0. The van der Waals surface area contributed by atoms with Gasteiger partial charge in [0.05, 0.1) is 12.7 Å². The van der Waals surface area contributed by atoms with Crippen LogP contribution in [-0.2, 0) is 14.3 Å². The van der Waals surface area contributed by atoms with E-state index in [1.807, 2.05) is 0 Å². The van der Waals surface area contributed by atoms with Gasteiger partial charge in [0, 0.05) is 5.57 Å². The second-order valence-electron chi connectivity index (χ2n) is 3.69. The molecular weight excluding hydrogens is 180 g/mol. The fourth-order valence-electron chi connectivity index (χ4n) is 1.53. The van der Waals surface area contributed by atoms with Crippen LogP contribution in [0, 0.1) is 0 Å². The summed E-state index contributed by atoms with van der Waals surface area (Å²) in [5, 5.41) is 0. The number of hydrogen-bond acceptors (Lipinski definition) is 3. The molecule has 1 fully saturated rings. The molecule has 0 amide bonds. The highest BCUT2D eigenvalue weighted by Gasteiger charge is 2.14. The van der Waals surface area contributed by atoms with Crippen molar-refractivity contribution in [2.45, 2.75) is 38.7 Å². The van der Waals surface area contributed by atoms with Crippen molar-refractivity contribution in [3.63, 3.8) is 0 Å². The summed E-state index contributed by atoms with van der Waals surface area (Å²) < 4.78 is 10.4. The number of carbonyl (C=O) groups excluding carboxylic acids is 1. The van der Waals surface area contributed by atoms with Crippen LogP contribution in [0.5, 0.6) is 0 Å². The molecule has 1 aliphatic carbocycles. The van der Waals surface area contributed by atoms with Gasteiger partial charge in [0.15, 0.2) is 0 Å². The molecule has 0 atom stereocenters. The Labute approximate surface area is 85.1 Å². The van der Waals surface area contributed by atoms with Crippen molar-refractivity contribution in [3.05, 3.63) is 12.2 Å². The largest absolute Gasteiger partial charge is 0.460 e. The first-order valence-corrected chi connectivity index (χ1v) is 5.14. The van der Waals surface area contributed by atoms with E-state index in [0.29, 0.717) is 24.9 Å². The highest BCUT2D eigenvalue weighted by molar-refractivity contribution is 5.86. The molecule has 1 aliphatic rings. The van der Waals surface area contributed by atoms with Crippen molar-refractivity contribution in [3.8, 4) is 0 Å². The molecule has 0 bridgehead atoms. The standard InChI is InChI=1S/C11H18O3/c1-9(2)11(12)14-8-7-13-10-5-3-4-6-10/h10H,1,3-8H2,2H3. The molecule has 0 saturated heterocycles. The summed E-state index contributed by atoms with van der Waals surface area (Å²) in [6.07, 6.45) is 5.20. The minimum absolute atomic E-state index is 0.333. The van der Waals surface area contributed by atoms with Crippen LogP contribution in [0.15, 0.2) is 12.2 Å². The zero-order valence-corrected chi connectivity index (χ0v) is 8.75. The molecule has 80 valence electrons. The van der Waals surface area contributed by atoms with E-state index in [-0.39, 0.29) is 5.97 Å². The van der Waals surface area contributed by atoms with Crippen LogP contribution >= 0.6 is 0 Å². The first-order chi connectivity index (χ1) is 6.70. The van der Waals surface area contributed by atoms with Gasteiger partial charge in [-0.3, -0.25) is 0 Å². The molecule has 0 aromatic carbocycles. The monoisotopic (exact) mass is 198 g/mol. The van der Waals surface area contributed by atoms with Crippen LogP contribution in [0.25, 0.3) is 0 Å². The summed E-state index contributed by atoms with van der Waals surface area (Å²) >= 11 is 0. The lowest BCUT2D eigenvalue weighted by Gasteiger charge is -2.10. The average Bonchev–Trinajstić information content (AvgIpc) is 2.64. The molecule has 3 heteroatoms. The van der Waals surface area contributed by atoms with Gasteiger partial charge in [-0.2, -0.15) is 0 Å². The topological polar surface area (TPSA) is 35.5 Å². The Morgan fingerprint density at radius 2 is 2.00 bits per heavy atom. The third-order valence-electron chi connectivity index (χ3n) is 2.32. The van der Waals surface area contributed by atoms with Crippen molar-refractivity contribution in [1.82, 2.24) is 0 Å². The Bertz CT molecular complexity index is 205. The third kappa shape index (κ3) is 3.92. The molecular formula is C11H18O3. The van der Waals surface area contributed by atoms with Crippen molar-refractivity contribution in [2.24, 2.45) is 0 Å². The molecule has 0 aromatic heterocycles. The van der Waals surface area contributed by atoms with E-state index >= 15 is 0 Å². The molecule has 14 heavy (non-hydrogen) atoms. The lowest BCUT2D eigenvalue weighted by molar-refractivity contribution is -0.141. The first kappa shape index (κ1) is 11.2. The van der Waals surface area contributed by atoms with Gasteiger partial charge < -0.3 is 9.47 Å². The molecule has 0 heterocycles. The number of rotatable bonds is 5. The number of esters is 1. The fraction of sp³-hybridized carbons (Fsp3) is 0.727. The Kier molecular flexibility index (Phi) is 4.66. The Balaban J connectivity index is 1.98. The predicted octanol–water partition coefficient (Wildman–Crippen LogP) is 2.06. The van der Waals surface area contributed by atoms with Gasteiger partial charge in [-0.1, -0.05) is 19.4 Å². The molecule has 0 unspecified atom stereocenters. The molecule has 1 rings (SSSR count). The number of ether oxygens (including phenoxy) is 2. The van der Waals surface area contributed by atoms with Crippen molar-refractivity contribution < 1.29 is 14.3 Å². The molecule has 1 saturated carbocycles. The van der Waals surface area contributed by atoms with Crippen LogP contribution in [-0.4, -0.2) is 25.3 Å². The minimum atomic E-state index is -0.333. The van der Waals surface area contributed by atoms with Gasteiger partial charge >= 0.3 is 5.97 Å². The zero-order valence-electron chi connectivity index (χ0n) is 8.75. The van der Waals surface area contributed by atoms with Crippen LogP contribution in [0.2, 0.25) is 0 Å². The predicted molar refractivity (Wildman–Crippen MR) is 54.0 cm³/mol. The van der Waals surface area contributed by atoms with E-state index in [2.05, 4.69) is 6.58 Å². The number of hydrogen-bond donors (Lipinski definition) is 0. The molecule has 3 nitrogen and oxygen atoms in total. The molecule has 0 radical (unpaired) electrons. The van der Waals surface area contributed by atoms with E-state index in [1.165, 1.54) is 12.8 Å². The van der Waals surface area contributed by atoms with Crippen molar-refractivity contribution in [1.29, 1.82) is 0 Å². The van der Waals surface area contributed by atoms with Crippen LogP contribution in [0.1, 0.15) is 32.6 Å². The summed E-state index contributed by atoms with van der Waals surface area (Å²) in [5.41, 5.74) is 0.436. The van der Waals surface area contributed by atoms with Gasteiger partial charge in [-0.15, -0.1) is 0 Å². The lowest BCUT2D eigenvalue weighted by Crippen LogP contribution is -2.15. The van der Waals surface area contributed by atoms with Gasteiger partial charge in [-0.25, -0.2) is 4.79 Å². The summed E-state index contributed by atoms with van der Waals surface area (Å²) in [4.78, 5) is 11.0. The van der Waals surface area contributed by atoms with Gasteiger partial charge in [0.1, 0.15) is 6.61 Å². The highest BCUT2D eigenvalue weighted by Crippen LogP contribution is 2.20. The summed E-state index contributed by atoms with van der Waals surface area (Å²) in [6.45, 7) is 5.97. The van der Waals surface area contributed by atoms with E-state index in [1.54, 1.807) is 6.92 Å². The Hall–Kier alpha value is -0.830. The Morgan fingerprint density at radius 1 is 1.36 bits per heavy atom. The first-order valence-electron chi connectivity index (χ1n) is 5.14. The zero-order chi connectivity index (χ0) is 10.4. The van der Waals surface area contributed by atoms with Gasteiger partial charge in [0.25, 0.3) is 0 Å². The SMILES string of the molecule is C=C(C)C(=O)OCCOC1CCCC1. The van der Waals surface area contributed by atoms with Crippen LogP contribution in [0.4, 0.5) is 0 Å². The highest BCUT2D eigenvalue weighted by atomic mass is 16.6. The minimum Gasteiger partial charge on any atom is -0.460 e. The quantitative estimate of drug-likeness (QED) is 0.385. The number of carbonyl (C=O) groups is 1. The van der Waals surface area contributed by atoms with Crippen LogP contribution in [0.3, 0.4) is 0 Å². The maximum Gasteiger partial charge on any atom is 0.333 e. The summed E-state index contributed by atoms with van der Waals surface area (Å²) in [7, 11) is 0. The molecule has 0 spiro atoms. The molecule has 0 N–H and O–H groups in total. The van der Waals surface area contributed by atoms with E-state index in [4.69, 9.17) is 9.47 Å². The third-order valence-corrected chi connectivity index (χ3v) is 2.32. The summed E-state index contributed by atoms with van der Waals surface area (Å²) in [5.74, 6) is -0.333. The van der Waals surface area contributed by atoms with Crippen LogP contribution < -0.4 is 0 Å². The Morgan fingerprint density at radius 3 is 2.57 bits per heavy atom. The van der Waals surface area contributed by atoms with E-state index in [9.17, 15) is 4.79 Å². The lowest BCUT2D eigenvalue weighted by atomic mass is 10.3. The second kappa shape index (κ2) is 5.81. The van der Waals surface area contributed by atoms with Crippen molar-refractivity contribution in [2.75, 3.05) is 13.2 Å². The average molecular weight is 198 g/mol. The smallest absolute Gasteiger partial charge is 0.333 e. The second-order valence-corrected chi connectivity index (χ2v) is 3.69.